The molecule has 2 rings (SSSR count). The molecular weight excluding hydrogens is 132 g/mol. The quantitative estimate of drug-likeness (QED) is 0.527. The van der Waals surface area contributed by atoms with E-state index in [-0.39, 0.29) is 0 Å². The largest absolute Gasteiger partial charge is 0.0693 e. The first kappa shape index (κ1) is 6.24. The lowest BCUT2D eigenvalue weighted by atomic mass is 10.1. The zero-order valence-corrected chi connectivity index (χ0v) is 6.39. The van der Waals surface area contributed by atoms with Gasteiger partial charge in [0, 0.05) is 5.39 Å². The van der Waals surface area contributed by atoms with Crippen molar-refractivity contribution in [2.24, 2.45) is 0 Å². The molecule has 0 unspecified atom stereocenters. The van der Waals surface area contributed by atoms with Gasteiger partial charge in [0.15, 0.2) is 0 Å². The smallest absolute Gasteiger partial charge is 0.0324 e. The highest BCUT2D eigenvalue weighted by Gasteiger charge is 1.91. The molecule has 0 atom stereocenters. The fourth-order valence-corrected chi connectivity index (χ4v) is 1.24. The summed E-state index contributed by atoms with van der Waals surface area (Å²) in [4.78, 5) is 0. The molecule has 0 spiro atoms. The fourth-order valence-electron chi connectivity index (χ4n) is 1.24. The van der Waals surface area contributed by atoms with Crippen molar-refractivity contribution in [1.82, 2.24) is 0 Å². The molecule has 0 fully saturated rings. The van der Waals surface area contributed by atoms with E-state index >= 15 is 0 Å². The van der Waals surface area contributed by atoms with Gasteiger partial charge in [-0.05, 0) is 30.0 Å². The van der Waals surface area contributed by atoms with Crippen molar-refractivity contribution in [3.05, 3.63) is 48.0 Å². The van der Waals surface area contributed by atoms with Crippen molar-refractivity contribution in [3.8, 4) is 0 Å². The Kier molecular flexibility index (Phi) is 1.30. The van der Waals surface area contributed by atoms with Crippen LogP contribution in [0.2, 0.25) is 0 Å². The molecule has 0 radical (unpaired) electrons. The van der Waals surface area contributed by atoms with Crippen LogP contribution in [0.4, 0.5) is 0 Å². The molecule has 0 bridgehead atoms. The number of hydrogen-bond donors (Lipinski definition) is 0. The second-order valence-electron chi connectivity index (χ2n) is 2.64. The van der Waals surface area contributed by atoms with Gasteiger partial charge in [-0.15, -0.1) is 0 Å². The molecule has 0 nitrogen and oxygen atoms in total. The van der Waals surface area contributed by atoms with Gasteiger partial charge in [0.05, 0.1) is 0 Å². The molecule has 0 amide bonds. The first-order valence-corrected chi connectivity index (χ1v) is 3.65. The molecule has 0 saturated heterocycles. The maximum absolute atomic E-state index is 3.07. The Balaban J connectivity index is 2.91. The van der Waals surface area contributed by atoms with Gasteiger partial charge in [-0.1, -0.05) is 30.3 Å². The Morgan fingerprint density at radius 3 is 2.82 bits per heavy atom. The second-order valence-corrected chi connectivity index (χ2v) is 2.64. The summed E-state index contributed by atoms with van der Waals surface area (Å²) in [7, 11) is 0. The number of hydrogen-bond acceptors (Lipinski definition) is 0. The minimum absolute atomic E-state index is 1.15. The van der Waals surface area contributed by atoms with Gasteiger partial charge in [0.2, 0.25) is 0 Å². The van der Waals surface area contributed by atoms with Crippen LogP contribution >= 0.6 is 0 Å². The Morgan fingerprint density at radius 2 is 2.00 bits per heavy atom. The zero-order chi connectivity index (χ0) is 7.68. The number of rotatable bonds is 0. The van der Waals surface area contributed by atoms with E-state index in [2.05, 4.69) is 31.2 Å². The number of benzene rings is 1. The molecule has 0 aliphatic rings. The monoisotopic (exact) mass is 140 g/mol. The lowest BCUT2D eigenvalue weighted by Crippen LogP contribution is -1.73. The molecule has 0 aliphatic carbocycles. The van der Waals surface area contributed by atoms with E-state index in [0.717, 1.165) is 5.39 Å². The average molecular weight is 140 g/mol. The maximum Gasteiger partial charge on any atom is 0.0324 e. The van der Waals surface area contributed by atoms with Crippen LogP contribution in [-0.2, 0) is 0 Å². The van der Waals surface area contributed by atoms with Crippen LogP contribution in [0.3, 0.4) is 0 Å². The summed E-state index contributed by atoms with van der Waals surface area (Å²) in [6.07, 6.45) is 0. The van der Waals surface area contributed by atoms with Gasteiger partial charge < -0.3 is 0 Å². The highest BCUT2D eigenvalue weighted by Crippen LogP contribution is 2.13. The first-order chi connectivity index (χ1) is 5.38. The van der Waals surface area contributed by atoms with E-state index in [9.17, 15) is 0 Å². The molecule has 0 heterocycles. The third kappa shape index (κ3) is 0.951. The number of aryl methyl sites for hydroxylation is 1. The predicted octanol–water partition coefficient (Wildman–Crippen LogP) is 2.75. The van der Waals surface area contributed by atoms with Crippen molar-refractivity contribution in [3.63, 3.8) is 0 Å². The lowest BCUT2D eigenvalue weighted by molar-refractivity contribution is 1.54. The Bertz CT molecular complexity index is 369. The third-order valence-corrected chi connectivity index (χ3v) is 1.85. The van der Waals surface area contributed by atoms with Gasteiger partial charge in [0.25, 0.3) is 0 Å². The zero-order valence-electron chi connectivity index (χ0n) is 6.39. The van der Waals surface area contributed by atoms with Gasteiger partial charge in [-0.3, -0.25) is 0 Å². The predicted molar refractivity (Wildman–Crippen MR) is 46.4 cm³/mol. The Labute approximate surface area is 66.5 Å². The van der Waals surface area contributed by atoms with E-state index in [1.54, 1.807) is 0 Å². The molecule has 0 heteroatoms. The van der Waals surface area contributed by atoms with Crippen LogP contribution < -0.4 is 0 Å². The normalized spacial score (nSPS) is 9.55. The Hall–Kier alpha value is -1.48. The van der Waals surface area contributed by atoms with Crippen LogP contribution in [0, 0.1) is 19.1 Å². The fraction of sp³-hybridized carbons (Fsp3) is 0.0909. The summed E-state index contributed by atoms with van der Waals surface area (Å²) >= 11 is 0. The van der Waals surface area contributed by atoms with Gasteiger partial charge in [-0.25, -0.2) is 0 Å². The van der Waals surface area contributed by atoms with Crippen LogP contribution in [0.5, 0.6) is 0 Å². The summed E-state index contributed by atoms with van der Waals surface area (Å²) in [5, 5.41) is 2.42. The summed E-state index contributed by atoms with van der Waals surface area (Å²) < 4.78 is 0. The summed E-state index contributed by atoms with van der Waals surface area (Å²) in [6.45, 7) is 2.09. The van der Waals surface area contributed by atoms with E-state index in [1.165, 1.54) is 10.9 Å². The minimum Gasteiger partial charge on any atom is -0.0693 e. The van der Waals surface area contributed by atoms with Crippen molar-refractivity contribution >= 4 is 10.8 Å². The van der Waals surface area contributed by atoms with E-state index < -0.39 is 0 Å². The molecular formula is C11H8. The van der Waals surface area contributed by atoms with Gasteiger partial charge >= 0.3 is 0 Å². The van der Waals surface area contributed by atoms with Crippen molar-refractivity contribution in [2.45, 2.75) is 6.92 Å². The van der Waals surface area contributed by atoms with Gasteiger partial charge in [0.1, 0.15) is 0 Å². The topological polar surface area (TPSA) is 0 Å². The van der Waals surface area contributed by atoms with Crippen molar-refractivity contribution in [1.29, 1.82) is 0 Å². The van der Waals surface area contributed by atoms with E-state index in [4.69, 9.17) is 0 Å². The second kappa shape index (κ2) is 2.29. The molecule has 0 saturated carbocycles. The van der Waals surface area contributed by atoms with Crippen molar-refractivity contribution in [2.75, 3.05) is 0 Å². The highest BCUT2D eigenvalue weighted by atomic mass is 13.9. The third-order valence-electron chi connectivity index (χ3n) is 1.85. The highest BCUT2D eigenvalue weighted by molar-refractivity contribution is 5.83. The Morgan fingerprint density at radius 1 is 1.18 bits per heavy atom. The molecule has 0 N–H and O–H groups in total. The molecule has 0 aliphatic heterocycles. The summed E-state index contributed by atoms with van der Waals surface area (Å²) in [5.74, 6) is 0. The van der Waals surface area contributed by atoms with Crippen LogP contribution in [0.1, 0.15) is 5.56 Å². The minimum atomic E-state index is 1.15. The molecule has 0 aromatic heterocycles. The van der Waals surface area contributed by atoms with E-state index in [1.807, 2.05) is 18.2 Å². The first-order valence-electron chi connectivity index (χ1n) is 3.65. The van der Waals surface area contributed by atoms with Crippen LogP contribution in [-0.4, -0.2) is 0 Å². The summed E-state index contributed by atoms with van der Waals surface area (Å²) in [5.41, 5.74) is 1.26. The molecule has 52 valence electrons. The summed E-state index contributed by atoms with van der Waals surface area (Å²) in [6, 6.07) is 16.2. The van der Waals surface area contributed by atoms with Crippen LogP contribution in [0.15, 0.2) is 30.3 Å². The number of fused-ring (bicyclic) bond motifs is 1. The van der Waals surface area contributed by atoms with E-state index in [0.29, 0.717) is 0 Å². The van der Waals surface area contributed by atoms with Gasteiger partial charge in [-0.2, -0.15) is 0 Å². The molecule has 2 aromatic carbocycles. The molecule has 11 heavy (non-hydrogen) atoms. The molecule has 2 aromatic rings. The van der Waals surface area contributed by atoms with Crippen LogP contribution in [0.25, 0.3) is 10.8 Å². The average Bonchev–Trinajstić information content (AvgIpc) is 2.06. The standard InChI is InChI=1S/C11H8/c1-9-5-4-7-10-6-2-3-8-11(9)10/h2-3,5-6,8H,1H3. The van der Waals surface area contributed by atoms with Crippen molar-refractivity contribution < 1.29 is 0 Å². The maximum atomic E-state index is 3.07. The SMILES string of the molecule is Cc1cc#cc2ccccc12. The lowest BCUT2D eigenvalue weighted by Gasteiger charge is -1.95.